The molecule has 0 amide bonds. The third-order valence-electron chi connectivity index (χ3n) is 10.00. The summed E-state index contributed by atoms with van der Waals surface area (Å²) in [6, 6.07) is 2.07. The molecule has 0 aromatic heterocycles. The number of aryl methyl sites for hydroxylation is 1. The van der Waals surface area contributed by atoms with E-state index in [2.05, 4.69) is 10.5 Å². The van der Waals surface area contributed by atoms with Crippen molar-refractivity contribution < 1.29 is 73.3 Å². The molecule has 0 saturated carbocycles. The number of Topliss-reactive ketones (excluding diaryl/α,β-unsaturated/α-hetero) is 3. The number of ether oxygens (including phenoxy) is 4. The van der Waals surface area contributed by atoms with E-state index in [-0.39, 0.29) is 22.5 Å². The minimum atomic E-state index is -3.28. The molecule has 3 aliphatic carbocycles. The summed E-state index contributed by atoms with van der Waals surface area (Å²) in [7, 11) is 4.96. The van der Waals surface area contributed by atoms with E-state index in [1.165, 1.54) is 34.3 Å². The van der Waals surface area contributed by atoms with Crippen molar-refractivity contribution in [1.29, 1.82) is 0 Å². The van der Waals surface area contributed by atoms with Gasteiger partial charge < -0.3 is 54.6 Å². The third-order valence-corrected chi connectivity index (χ3v) is 10.00. The van der Waals surface area contributed by atoms with Crippen LogP contribution in [0.1, 0.15) is 75.4 Å². The summed E-state index contributed by atoms with van der Waals surface area (Å²) >= 11 is 0. The number of nitrogens with zero attached hydrogens (tertiary/aromatic N) is 1. The number of hydrogen-bond donors (Lipinski definition) is 6. The molecule has 1 aliphatic heterocycles. The topological polar surface area (TPSA) is 257 Å². The lowest BCUT2D eigenvalue weighted by atomic mass is 9.56. The zero-order valence-corrected chi connectivity index (χ0v) is 28.1. The van der Waals surface area contributed by atoms with Gasteiger partial charge in [-0.25, -0.2) is 4.79 Å². The van der Waals surface area contributed by atoms with Crippen molar-refractivity contribution in [1.82, 2.24) is 5.32 Å². The second-order valence-corrected chi connectivity index (χ2v) is 12.5. The molecule has 17 nitrogen and oxygen atoms in total. The summed E-state index contributed by atoms with van der Waals surface area (Å²) in [5, 5.41) is 63.1. The van der Waals surface area contributed by atoms with Crippen molar-refractivity contribution in [2.24, 2.45) is 5.16 Å². The Hall–Kier alpha value is -5.04. The van der Waals surface area contributed by atoms with Crippen LogP contribution in [0.3, 0.4) is 0 Å². The molecule has 6 rings (SSSR count). The number of carbonyl (C=O) groups is 5. The number of oxime groups is 1. The number of allylic oxidation sites excluding steroid dienone is 2. The van der Waals surface area contributed by atoms with Crippen LogP contribution in [-0.4, -0.2) is 125 Å². The van der Waals surface area contributed by atoms with Crippen molar-refractivity contribution in [2.75, 3.05) is 28.4 Å². The number of phenolic OH excluding ortho intramolecular Hbond substituents is 1. The van der Waals surface area contributed by atoms with Gasteiger partial charge in [0.05, 0.1) is 29.0 Å². The lowest BCUT2D eigenvalue weighted by Crippen LogP contribution is -2.73. The fraction of sp³-hybridized carbons (Fsp3) is 0.412. The van der Waals surface area contributed by atoms with Crippen molar-refractivity contribution in [3.8, 4) is 11.5 Å². The molecule has 17 heteroatoms. The maximum atomic E-state index is 14.5. The molecule has 270 valence electrons. The van der Waals surface area contributed by atoms with Gasteiger partial charge in [-0.15, -0.1) is 0 Å². The zero-order valence-electron chi connectivity index (χ0n) is 28.1. The van der Waals surface area contributed by atoms with E-state index < -0.39 is 122 Å². The van der Waals surface area contributed by atoms with Gasteiger partial charge in [-0.2, -0.15) is 0 Å². The molecular weight excluding hydrogens is 676 g/mol. The summed E-state index contributed by atoms with van der Waals surface area (Å²) in [6.45, 7) is 3.01. The number of aliphatic hydroxyl groups excluding tert-OH is 1. The number of rotatable bonds is 7. The number of aromatic hydroxyl groups is 2. The number of aromatic carboxylic acids is 1. The van der Waals surface area contributed by atoms with Gasteiger partial charge >= 0.3 is 5.97 Å². The average molecular weight is 711 g/mol. The van der Waals surface area contributed by atoms with E-state index in [9.17, 15) is 49.5 Å². The normalized spacial score (nSPS) is 30.6. The molecule has 2 aromatic carbocycles. The molecule has 1 fully saturated rings. The molecule has 2 aromatic rings. The number of nitrogens with one attached hydrogen (secondary N) is 1. The van der Waals surface area contributed by atoms with Crippen LogP contribution in [0.5, 0.6) is 11.5 Å². The molecule has 51 heavy (non-hydrogen) atoms. The van der Waals surface area contributed by atoms with E-state index in [0.29, 0.717) is 0 Å². The van der Waals surface area contributed by atoms with Gasteiger partial charge in [-0.05, 0) is 31.0 Å². The van der Waals surface area contributed by atoms with Crippen LogP contribution in [0.2, 0.25) is 0 Å². The standard InChI is InChI=1S/C34H34N2O15/c1-11-7-13-8-18(38)34(49-5)30(43)21-15(29(42)33(34,46)22(13)26(41)19(11)32(44)45)9-14-20(25(21)40)17(37)10-16(24(14)39)35-31-28(48-4)23(36-50-6)27(47-3)12(2)51-31/h7,9-10,12,18,27-28,31,35,38,40-41,46H,8H2,1-6H3,(H,44,45)/t12-,18?,27-,28+,31-,33?,34?/m0/s1. The van der Waals surface area contributed by atoms with E-state index in [4.69, 9.17) is 23.8 Å². The average Bonchev–Trinajstić information content (AvgIpc) is 3.05. The van der Waals surface area contributed by atoms with Gasteiger partial charge in [-0.1, -0.05) is 11.2 Å². The molecule has 0 spiro atoms. The molecule has 3 unspecified atom stereocenters. The van der Waals surface area contributed by atoms with Gasteiger partial charge in [0.1, 0.15) is 42.1 Å². The summed E-state index contributed by atoms with van der Waals surface area (Å²) < 4.78 is 22.5. The first-order valence-corrected chi connectivity index (χ1v) is 15.5. The first kappa shape index (κ1) is 35.8. The minimum Gasteiger partial charge on any atom is -0.507 e. The molecule has 0 bridgehead atoms. The lowest BCUT2D eigenvalue weighted by Gasteiger charge is -2.52. The number of hydrogen-bond acceptors (Lipinski definition) is 16. The molecule has 1 heterocycles. The van der Waals surface area contributed by atoms with Crippen LogP contribution in [0.15, 0.2) is 29.1 Å². The predicted molar refractivity (Wildman–Crippen MR) is 170 cm³/mol. The Balaban J connectivity index is 1.51. The van der Waals surface area contributed by atoms with E-state index in [0.717, 1.165) is 19.3 Å². The molecule has 6 N–H and O–H groups in total. The zero-order chi connectivity index (χ0) is 37.5. The second kappa shape index (κ2) is 12.3. The first-order valence-electron chi connectivity index (χ1n) is 15.5. The Morgan fingerprint density at radius 1 is 0.980 bits per heavy atom. The smallest absolute Gasteiger partial charge is 0.339 e. The lowest BCUT2D eigenvalue weighted by molar-refractivity contribution is -0.181. The summed E-state index contributed by atoms with van der Waals surface area (Å²) in [6.07, 6.45) is -5.16. The number of carboxylic acids is 1. The first-order chi connectivity index (χ1) is 24.1. The highest BCUT2D eigenvalue weighted by molar-refractivity contribution is 6.31. The Morgan fingerprint density at radius 3 is 2.24 bits per heavy atom. The second-order valence-electron chi connectivity index (χ2n) is 12.5. The number of carbonyl (C=O) groups excluding carboxylic acids is 4. The Morgan fingerprint density at radius 2 is 1.65 bits per heavy atom. The summed E-state index contributed by atoms with van der Waals surface area (Å²) in [4.78, 5) is 73.6. The monoisotopic (exact) mass is 710 g/mol. The van der Waals surface area contributed by atoms with E-state index in [1.54, 1.807) is 6.92 Å². The van der Waals surface area contributed by atoms with Crippen molar-refractivity contribution in [3.63, 3.8) is 0 Å². The van der Waals surface area contributed by atoms with Crippen LogP contribution >= 0.6 is 0 Å². The summed E-state index contributed by atoms with van der Waals surface area (Å²) in [5.41, 5.74) is -10.5. The highest BCUT2D eigenvalue weighted by atomic mass is 16.6. The van der Waals surface area contributed by atoms with Crippen LogP contribution < -0.4 is 5.32 Å². The highest BCUT2D eigenvalue weighted by Crippen LogP contribution is 2.56. The van der Waals surface area contributed by atoms with Gasteiger partial charge in [0, 0.05) is 50.5 Å². The van der Waals surface area contributed by atoms with Crippen molar-refractivity contribution >= 4 is 34.8 Å². The fourth-order valence-electron chi connectivity index (χ4n) is 7.83. The maximum absolute atomic E-state index is 14.5. The van der Waals surface area contributed by atoms with Crippen molar-refractivity contribution in [2.45, 2.75) is 62.1 Å². The number of aliphatic hydroxyl groups is 2. The van der Waals surface area contributed by atoms with E-state index >= 15 is 0 Å². The number of carboxylic acid groups (broad SMARTS) is 1. The van der Waals surface area contributed by atoms with Crippen molar-refractivity contribution in [3.05, 3.63) is 68.4 Å². The van der Waals surface area contributed by atoms with Gasteiger partial charge in [0.2, 0.25) is 17.3 Å². The van der Waals surface area contributed by atoms with Crippen LogP contribution in [0.25, 0.3) is 0 Å². The summed E-state index contributed by atoms with van der Waals surface area (Å²) in [5.74, 6) is -8.48. The molecular formula is C34H34N2O15. The molecule has 0 radical (unpaired) electrons. The van der Waals surface area contributed by atoms with Crippen LogP contribution in [0, 0.1) is 6.92 Å². The molecule has 7 atom stereocenters. The Bertz CT molecular complexity index is 2000. The quantitative estimate of drug-likeness (QED) is 0.211. The largest absolute Gasteiger partial charge is 0.507 e. The van der Waals surface area contributed by atoms with E-state index in [1.807, 2.05) is 0 Å². The fourth-order valence-corrected chi connectivity index (χ4v) is 7.83. The predicted octanol–water partition coefficient (Wildman–Crippen LogP) is 0.303. The van der Waals surface area contributed by atoms with Crippen LogP contribution in [0.4, 0.5) is 0 Å². The van der Waals surface area contributed by atoms with Gasteiger partial charge in [-0.3, -0.25) is 19.2 Å². The number of phenols is 2. The van der Waals surface area contributed by atoms with Crippen LogP contribution in [-0.2, 0) is 35.8 Å². The third kappa shape index (κ3) is 4.62. The number of fused-ring (bicyclic) bond motifs is 5. The maximum Gasteiger partial charge on any atom is 0.339 e. The Labute approximate surface area is 289 Å². The number of ketones is 4. The molecule has 4 aliphatic rings. The number of benzene rings is 2. The Kier molecular flexibility index (Phi) is 8.65. The minimum absolute atomic E-state index is 0.0301. The SMILES string of the molecule is CON=C1[C@@H](OC)[C@H](C)O[C@H](NC2=CC(=O)c3c(cc4c(c3O)C(=O)C3(OC)C(O)Cc5cc(C)c(C(=O)O)c(O)c5C3(O)C4=O)C2=O)[C@@H]1OC. The number of methoxy groups -OCH3 is 3. The van der Waals surface area contributed by atoms with Gasteiger partial charge in [0.25, 0.3) is 0 Å². The highest BCUT2D eigenvalue weighted by Gasteiger charge is 2.72. The van der Waals surface area contributed by atoms with Gasteiger partial charge in [0.15, 0.2) is 23.2 Å². The molecule has 1 saturated heterocycles.